The van der Waals surface area contributed by atoms with E-state index in [4.69, 9.17) is 9.47 Å². The van der Waals surface area contributed by atoms with E-state index in [9.17, 15) is 33.6 Å². The number of pyridine rings is 1. The molecule has 288 valence electrons. The minimum atomic E-state index is -4.65. The van der Waals surface area contributed by atoms with Gasteiger partial charge in [-0.15, -0.1) is 5.10 Å². The lowest BCUT2D eigenvalue weighted by atomic mass is 9.52. The van der Waals surface area contributed by atoms with Crippen LogP contribution in [0.4, 0.5) is 13.2 Å². The fourth-order valence-electron chi connectivity index (χ4n) is 10.6. The second-order valence-electron chi connectivity index (χ2n) is 16.4. The largest absolute Gasteiger partial charge is 0.508 e. The van der Waals surface area contributed by atoms with Gasteiger partial charge in [-0.1, -0.05) is 24.3 Å². The first kappa shape index (κ1) is 36.7. The summed E-state index contributed by atoms with van der Waals surface area (Å²) < 4.78 is 52.3. The van der Waals surface area contributed by atoms with Crippen molar-refractivity contribution in [1.29, 1.82) is 0 Å². The van der Waals surface area contributed by atoms with Gasteiger partial charge >= 0.3 is 6.18 Å². The summed E-state index contributed by atoms with van der Waals surface area (Å²) in [6, 6.07) is 9.34. The van der Waals surface area contributed by atoms with Crippen LogP contribution in [0.1, 0.15) is 98.9 Å². The molecule has 10 atom stereocenters. The molecule has 1 aromatic carbocycles. The monoisotopic (exact) mass is 741 g/mol. The van der Waals surface area contributed by atoms with Crippen molar-refractivity contribution in [3.05, 3.63) is 65.1 Å². The molecule has 8 rings (SSSR count). The van der Waals surface area contributed by atoms with Gasteiger partial charge in [0.05, 0.1) is 24.9 Å². The molecule has 11 nitrogen and oxygen atoms in total. The molecule has 2 saturated heterocycles. The van der Waals surface area contributed by atoms with Crippen molar-refractivity contribution in [2.45, 2.75) is 113 Å². The first-order chi connectivity index (χ1) is 25.4. The maximum Gasteiger partial charge on any atom is 0.433 e. The summed E-state index contributed by atoms with van der Waals surface area (Å²) in [7, 11) is 0. The van der Waals surface area contributed by atoms with Crippen molar-refractivity contribution in [3.63, 3.8) is 0 Å². The first-order valence-corrected chi connectivity index (χ1v) is 19.2. The van der Waals surface area contributed by atoms with Crippen LogP contribution in [0, 0.1) is 23.2 Å². The summed E-state index contributed by atoms with van der Waals surface area (Å²) in [6.07, 6.45) is 1.04. The van der Waals surface area contributed by atoms with Gasteiger partial charge in [-0.05, 0) is 123 Å². The number of rotatable bonds is 8. The van der Waals surface area contributed by atoms with Crippen molar-refractivity contribution in [2.75, 3.05) is 26.2 Å². The fraction of sp³-hybridized carbons (Fsp3) is 0.667. The Balaban J connectivity index is 0.838. The Bertz CT molecular complexity index is 1750. The summed E-state index contributed by atoms with van der Waals surface area (Å²) in [5, 5.41) is 51.6. The molecule has 5 aliphatic rings. The molecule has 0 radical (unpaired) electrons. The summed E-state index contributed by atoms with van der Waals surface area (Å²) in [6.45, 7) is 4.99. The average molecular weight is 742 g/mol. The topological polar surface area (TPSA) is 146 Å². The third-order valence-corrected chi connectivity index (χ3v) is 13.4. The van der Waals surface area contributed by atoms with Crippen molar-refractivity contribution < 1.29 is 43.1 Å². The lowest BCUT2D eigenvalue weighted by molar-refractivity contribution is -0.184. The predicted octanol–water partition coefficient (Wildman–Crippen LogP) is 5.20. The van der Waals surface area contributed by atoms with Crippen LogP contribution in [-0.4, -0.2) is 96.0 Å². The zero-order chi connectivity index (χ0) is 37.1. The van der Waals surface area contributed by atoms with Gasteiger partial charge in [0.2, 0.25) is 5.88 Å². The molecule has 3 aliphatic carbocycles. The summed E-state index contributed by atoms with van der Waals surface area (Å²) in [5.41, 5.74) is 1.96. The fourth-order valence-corrected chi connectivity index (χ4v) is 10.6. The van der Waals surface area contributed by atoms with E-state index in [1.165, 1.54) is 17.2 Å². The van der Waals surface area contributed by atoms with Gasteiger partial charge in [-0.2, -0.15) is 13.2 Å². The second kappa shape index (κ2) is 14.4. The smallest absolute Gasteiger partial charge is 0.433 e. The van der Waals surface area contributed by atoms with Gasteiger partial charge in [0.15, 0.2) is 6.10 Å². The number of alkyl halides is 3. The highest BCUT2D eigenvalue weighted by molar-refractivity contribution is 5.41. The minimum absolute atomic E-state index is 0.00211. The molecule has 4 fully saturated rings. The molecule has 4 unspecified atom stereocenters. The van der Waals surface area contributed by atoms with Crippen LogP contribution < -0.4 is 4.74 Å². The standard InChI is InChI=1S/C39H50F3N5O6/c1-38-14-11-27-26-8-7-25(48)19-23(26)18-22(34(27)28(38)9-10-32(38)49)4-3-15-46-16-12-24(13-17-46)47-20-29(44-45-47)37-36(51)35(50)30(21-52-37)53-33-6-2-5-31(43-33)39(40,41)42/h2,5-8,19-20,22,24,27-28,30,32,34-37,48-51H,3-4,9-18,21H2,1H3/t22?,27?,28?,30-,32-,34?,35+,36+,37+,38-/m0/s1. The molecule has 3 aromatic rings. The summed E-state index contributed by atoms with van der Waals surface area (Å²) in [4.78, 5) is 5.99. The Morgan fingerprint density at radius 3 is 2.62 bits per heavy atom. The Hall–Kier alpha value is -3.30. The SMILES string of the molecule is C[C@]12CCC3c4ccc(O)cc4CC(CCCN4CCC(n5cc([C@H]6OC[C@H](Oc7cccc(C(F)(F)F)n7)[C@@H](O)[C@H]6O)nn5)CC4)C3C1CC[C@@H]2O. The quantitative estimate of drug-likeness (QED) is 0.243. The molecule has 0 amide bonds. The second-order valence-corrected chi connectivity index (χ2v) is 16.4. The Labute approximate surface area is 307 Å². The molecule has 2 aromatic heterocycles. The maximum absolute atomic E-state index is 13.1. The number of aliphatic hydroxyl groups is 3. The molecule has 4 N–H and O–H groups in total. The number of fused-ring (bicyclic) bond motifs is 5. The number of halogens is 3. The Morgan fingerprint density at radius 1 is 1.02 bits per heavy atom. The Kier molecular flexibility index (Phi) is 9.97. The van der Waals surface area contributed by atoms with Gasteiger partial charge in [0.25, 0.3) is 0 Å². The average Bonchev–Trinajstić information content (AvgIpc) is 3.74. The van der Waals surface area contributed by atoms with E-state index >= 15 is 0 Å². The molecule has 0 spiro atoms. The van der Waals surface area contributed by atoms with Gasteiger partial charge < -0.3 is 34.8 Å². The van der Waals surface area contributed by atoms with Gasteiger partial charge in [0, 0.05) is 19.2 Å². The molecule has 2 aliphatic heterocycles. The number of piperidine rings is 1. The number of likely N-dealkylation sites (tertiary alicyclic amines) is 1. The van der Waals surface area contributed by atoms with Crippen LogP contribution in [0.15, 0.2) is 42.6 Å². The van der Waals surface area contributed by atoms with Crippen molar-refractivity contribution >= 4 is 0 Å². The molecule has 4 heterocycles. The maximum atomic E-state index is 13.1. The molecule has 53 heavy (non-hydrogen) atoms. The highest BCUT2D eigenvalue weighted by atomic mass is 19.4. The van der Waals surface area contributed by atoms with Crippen molar-refractivity contribution in [2.24, 2.45) is 23.2 Å². The van der Waals surface area contributed by atoms with E-state index in [0.717, 1.165) is 89.6 Å². The number of benzene rings is 1. The van der Waals surface area contributed by atoms with E-state index in [0.29, 0.717) is 35.1 Å². The van der Waals surface area contributed by atoms with Crippen LogP contribution in [0.3, 0.4) is 0 Å². The Morgan fingerprint density at radius 2 is 1.83 bits per heavy atom. The van der Waals surface area contributed by atoms with Crippen molar-refractivity contribution in [1.82, 2.24) is 24.9 Å². The lowest BCUT2D eigenvalue weighted by Crippen LogP contribution is -2.51. The first-order valence-electron chi connectivity index (χ1n) is 19.2. The van der Waals surface area contributed by atoms with E-state index < -0.39 is 36.3 Å². The highest BCUT2D eigenvalue weighted by Gasteiger charge is 2.56. The zero-order valence-corrected chi connectivity index (χ0v) is 30.0. The number of ether oxygens (including phenoxy) is 2. The number of hydrogen-bond acceptors (Lipinski definition) is 10. The predicted molar refractivity (Wildman–Crippen MR) is 186 cm³/mol. The van der Waals surface area contributed by atoms with E-state index in [-0.39, 0.29) is 30.0 Å². The number of aromatic nitrogens is 4. The molecule has 2 saturated carbocycles. The van der Waals surface area contributed by atoms with E-state index in [1.54, 1.807) is 10.9 Å². The van der Waals surface area contributed by atoms with Crippen LogP contribution in [-0.2, 0) is 17.3 Å². The highest BCUT2D eigenvalue weighted by Crippen LogP contribution is 2.62. The number of phenolic OH excluding ortho intramolecular Hbond substituents is 1. The third-order valence-electron chi connectivity index (χ3n) is 13.4. The van der Waals surface area contributed by atoms with E-state index in [1.807, 2.05) is 12.1 Å². The number of nitrogens with zero attached hydrogens (tertiary/aromatic N) is 5. The van der Waals surface area contributed by atoms with Gasteiger partial charge in [-0.25, -0.2) is 9.67 Å². The van der Waals surface area contributed by atoms with Crippen molar-refractivity contribution in [3.8, 4) is 11.6 Å². The lowest BCUT2D eigenvalue weighted by Gasteiger charge is -2.53. The molecular weight excluding hydrogens is 691 g/mol. The molecular formula is C39H50F3N5O6. The van der Waals surface area contributed by atoms with Crippen LogP contribution >= 0.6 is 0 Å². The molecule has 14 heteroatoms. The van der Waals surface area contributed by atoms with Crippen LogP contribution in [0.5, 0.6) is 11.6 Å². The normalized spacial score (nSPS) is 35.0. The number of hydrogen-bond donors (Lipinski definition) is 4. The number of phenols is 1. The minimum Gasteiger partial charge on any atom is -0.508 e. The van der Waals surface area contributed by atoms with Gasteiger partial charge in [-0.3, -0.25) is 0 Å². The van der Waals surface area contributed by atoms with Gasteiger partial charge in [0.1, 0.15) is 35.4 Å². The summed E-state index contributed by atoms with van der Waals surface area (Å²) >= 11 is 0. The van der Waals surface area contributed by atoms with E-state index in [2.05, 4.69) is 33.2 Å². The number of aliphatic hydroxyl groups excluding tert-OH is 3. The molecule has 0 bridgehead atoms. The zero-order valence-electron chi connectivity index (χ0n) is 30.0. The van der Waals surface area contributed by atoms with Crippen LogP contribution in [0.25, 0.3) is 0 Å². The summed E-state index contributed by atoms with van der Waals surface area (Å²) in [5.74, 6) is 2.14. The number of aromatic hydroxyl groups is 1. The third kappa shape index (κ3) is 7.05. The van der Waals surface area contributed by atoms with Crippen LogP contribution in [0.2, 0.25) is 0 Å².